The van der Waals surface area contributed by atoms with Crippen molar-refractivity contribution in [3.8, 4) is 0 Å². The molecule has 0 aliphatic carbocycles. The molecule has 1 heterocycles. The van der Waals surface area contributed by atoms with Crippen molar-refractivity contribution < 1.29 is 23.9 Å². The SMILES string of the molecule is CCCc1ccc(C2(C)NC(=O)N(CC(=O)Nc3ccc(/C=C/C(=O)OCC)cc3)C2=O)cc1. The van der Waals surface area contributed by atoms with Gasteiger partial charge in [-0.3, -0.25) is 14.5 Å². The molecule has 1 atom stereocenters. The molecule has 1 fully saturated rings. The number of carbonyl (C=O) groups excluding carboxylic acids is 4. The van der Waals surface area contributed by atoms with Crippen LogP contribution in [-0.4, -0.2) is 41.9 Å². The Hall–Kier alpha value is -3.94. The van der Waals surface area contributed by atoms with Crippen LogP contribution in [0.4, 0.5) is 10.5 Å². The average Bonchev–Trinajstić information content (AvgIpc) is 3.03. The molecule has 0 saturated carbocycles. The number of nitrogens with one attached hydrogen (secondary N) is 2. The highest BCUT2D eigenvalue weighted by Gasteiger charge is 2.49. The van der Waals surface area contributed by atoms with Crippen molar-refractivity contribution >= 4 is 35.6 Å². The second-order valence-electron chi connectivity index (χ2n) is 8.15. The highest BCUT2D eigenvalue weighted by molar-refractivity contribution is 6.10. The Morgan fingerprint density at radius 1 is 1.06 bits per heavy atom. The van der Waals surface area contributed by atoms with Gasteiger partial charge in [-0.25, -0.2) is 9.59 Å². The third-order valence-corrected chi connectivity index (χ3v) is 5.54. The molecule has 1 saturated heterocycles. The maximum Gasteiger partial charge on any atom is 0.330 e. The van der Waals surface area contributed by atoms with Crippen LogP contribution >= 0.6 is 0 Å². The van der Waals surface area contributed by atoms with Crippen LogP contribution in [0.3, 0.4) is 0 Å². The summed E-state index contributed by atoms with van der Waals surface area (Å²) in [6, 6.07) is 13.7. The maximum atomic E-state index is 13.1. The standard InChI is InChI=1S/C26H29N3O5/c1-4-6-18-7-12-20(13-8-18)26(3)24(32)29(25(33)28-26)17-22(30)27-21-14-9-19(10-15-21)11-16-23(31)34-5-2/h7-16H,4-6,17H2,1-3H3,(H,27,30)(H,28,33)/b16-11+. The minimum atomic E-state index is -1.23. The summed E-state index contributed by atoms with van der Waals surface area (Å²) in [6.45, 7) is 5.36. The van der Waals surface area contributed by atoms with Gasteiger partial charge in [0, 0.05) is 11.8 Å². The first kappa shape index (κ1) is 24.7. The minimum absolute atomic E-state index is 0.302. The lowest BCUT2D eigenvalue weighted by molar-refractivity contribution is -0.137. The van der Waals surface area contributed by atoms with Gasteiger partial charge in [-0.15, -0.1) is 0 Å². The van der Waals surface area contributed by atoms with E-state index in [9.17, 15) is 19.2 Å². The van der Waals surface area contributed by atoms with E-state index in [1.54, 1.807) is 44.2 Å². The molecule has 34 heavy (non-hydrogen) atoms. The topological polar surface area (TPSA) is 105 Å². The van der Waals surface area contributed by atoms with Gasteiger partial charge in [0.25, 0.3) is 5.91 Å². The molecule has 2 aromatic rings. The Balaban J connectivity index is 1.62. The number of benzene rings is 2. The summed E-state index contributed by atoms with van der Waals surface area (Å²) in [5, 5.41) is 5.40. The Morgan fingerprint density at radius 3 is 2.35 bits per heavy atom. The number of esters is 1. The molecular formula is C26H29N3O5. The zero-order valence-electron chi connectivity index (χ0n) is 19.6. The molecule has 1 unspecified atom stereocenters. The minimum Gasteiger partial charge on any atom is -0.463 e. The number of carbonyl (C=O) groups is 4. The highest BCUT2D eigenvalue weighted by Crippen LogP contribution is 2.29. The maximum absolute atomic E-state index is 13.1. The van der Waals surface area contributed by atoms with Crippen LogP contribution in [0.25, 0.3) is 6.08 Å². The molecule has 8 heteroatoms. The molecule has 8 nitrogen and oxygen atoms in total. The van der Waals surface area contributed by atoms with Crippen molar-refractivity contribution in [2.75, 3.05) is 18.5 Å². The van der Waals surface area contributed by atoms with Crippen molar-refractivity contribution in [3.63, 3.8) is 0 Å². The molecule has 2 aromatic carbocycles. The van der Waals surface area contributed by atoms with Crippen LogP contribution in [-0.2, 0) is 31.1 Å². The van der Waals surface area contributed by atoms with E-state index in [-0.39, 0.29) is 0 Å². The largest absolute Gasteiger partial charge is 0.463 e. The van der Waals surface area contributed by atoms with Gasteiger partial charge in [0.1, 0.15) is 12.1 Å². The number of nitrogens with zero attached hydrogens (tertiary/aromatic N) is 1. The van der Waals surface area contributed by atoms with Crippen molar-refractivity contribution in [1.29, 1.82) is 0 Å². The summed E-state index contributed by atoms with van der Waals surface area (Å²) < 4.78 is 4.83. The smallest absolute Gasteiger partial charge is 0.330 e. The van der Waals surface area contributed by atoms with E-state index in [0.717, 1.165) is 28.9 Å². The number of amides is 4. The van der Waals surface area contributed by atoms with Gasteiger partial charge in [-0.2, -0.15) is 0 Å². The molecule has 0 radical (unpaired) electrons. The lowest BCUT2D eigenvalue weighted by Gasteiger charge is -2.22. The summed E-state index contributed by atoms with van der Waals surface area (Å²) in [4.78, 5) is 50.4. The van der Waals surface area contributed by atoms with Crippen LogP contribution in [0.1, 0.15) is 43.9 Å². The first-order chi connectivity index (χ1) is 16.3. The zero-order valence-corrected chi connectivity index (χ0v) is 19.6. The van der Waals surface area contributed by atoms with Crippen molar-refractivity contribution in [3.05, 3.63) is 71.3 Å². The molecule has 178 valence electrons. The van der Waals surface area contributed by atoms with Gasteiger partial charge in [-0.05, 0) is 55.2 Å². The van der Waals surface area contributed by atoms with Crippen LogP contribution in [0, 0.1) is 0 Å². The van der Waals surface area contributed by atoms with Crippen LogP contribution < -0.4 is 10.6 Å². The number of anilines is 1. The number of rotatable bonds is 9. The van der Waals surface area contributed by atoms with Crippen LogP contribution in [0.5, 0.6) is 0 Å². The Bertz CT molecular complexity index is 1090. The lowest BCUT2D eigenvalue weighted by atomic mass is 9.91. The van der Waals surface area contributed by atoms with E-state index < -0.39 is 35.9 Å². The summed E-state index contributed by atoms with van der Waals surface area (Å²) in [5.74, 6) is -1.41. The number of hydrogen-bond acceptors (Lipinski definition) is 5. The summed E-state index contributed by atoms with van der Waals surface area (Å²) in [5.41, 5.74) is 1.85. The molecule has 1 aliphatic heterocycles. The molecular weight excluding hydrogens is 434 g/mol. The van der Waals surface area contributed by atoms with Gasteiger partial charge in [-0.1, -0.05) is 49.7 Å². The number of hydrogen-bond donors (Lipinski definition) is 2. The van der Waals surface area contributed by atoms with E-state index in [1.165, 1.54) is 6.08 Å². The second-order valence-corrected chi connectivity index (χ2v) is 8.15. The van der Waals surface area contributed by atoms with Crippen molar-refractivity contribution in [2.24, 2.45) is 0 Å². The average molecular weight is 464 g/mol. The molecule has 3 rings (SSSR count). The molecule has 0 aromatic heterocycles. The fourth-order valence-electron chi connectivity index (χ4n) is 3.71. The van der Waals surface area contributed by atoms with E-state index in [0.29, 0.717) is 17.9 Å². The van der Waals surface area contributed by atoms with Crippen molar-refractivity contribution in [1.82, 2.24) is 10.2 Å². The van der Waals surface area contributed by atoms with Crippen LogP contribution in [0.2, 0.25) is 0 Å². The van der Waals surface area contributed by atoms with Gasteiger partial charge in [0.2, 0.25) is 5.91 Å². The zero-order chi connectivity index (χ0) is 24.7. The Labute approximate surface area is 199 Å². The van der Waals surface area contributed by atoms with E-state index in [2.05, 4.69) is 17.6 Å². The third kappa shape index (κ3) is 5.70. The first-order valence-corrected chi connectivity index (χ1v) is 11.2. The van der Waals surface area contributed by atoms with Gasteiger partial charge in [0.15, 0.2) is 0 Å². The summed E-state index contributed by atoms with van der Waals surface area (Å²) >= 11 is 0. The molecule has 0 spiro atoms. The quantitative estimate of drug-likeness (QED) is 0.336. The van der Waals surface area contributed by atoms with E-state index in [4.69, 9.17) is 4.74 Å². The van der Waals surface area contributed by atoms with Gasteiger partial charge >= 0.3 is 12.0 Å². The number of urea groups is 1. The lowest BCUT2D eigenvalue weighted by Crippen LogP contribution is -2.42. The normalized spacial score (nSPS) is 17.7. The summed E-state index contributed by atoms with van der Waals surface area (Å²) in [7, 11) is 0. The van der Waals surface area contributed by atoms with E-state index >= 15 is 0 Å². The van der Waals surface area contributed by atoms with Gasteiger partial charge < -0.3 is 15.4 Å². The first-order valence-electron chi connectivity index (χ1n) is 11.2. The fraction of sp³-hybridized carbons (Fsp3) is 0.308. The Kier molecular flexibility index (Phi) is 7.83. The molecule has 4 amide bonds. The summed E-state index contributed by atoms with van der Waals surface area (Å²) in [6.07, 6.45) is 4.88. The fourth-order valence-corrected chi connectivity index (χ4v) is 3.71. The highest BCUT2D eigenvalue weighted by atomic mass is 16.5. The van der Waals surface area contributed by atoms with Crippen LogP contribution in [0.15, 0.2) is 54.6 Å². The molecule has 1 aliphatic rings. The number of imide groups is 1. The predicted molar refractivity (Wildman–Crippen MR) is 129 cm³/mol. The number of ether oxygens (including phenoxy) is 1. The second kappa shape index (κ2) is 10.8. The van der Waals surface area contributed by atoms with Gasteiger partial charge in [0.05, 0.1) is 6.61 Å². The number of aryl methyl sites for hydroxylation is 1. The predicted octanol–water partition coefficient (Wildman–Crippen LogP) is 3.62. The van der Waals surface area contributed by atoms with Crippen molar-refractivity contribution in [2.45, 2.75) is 39.2 Å². The third-order valence-electron chi connectivity index (χ3n) is 5.54. The molecule has 2 N–H and O–H groups in total. The van der Waals surface area contributed by atoms with E-state index in [1.807, 2.05) is 24.3 Å². The monoisotopic (exact) mass is 463 g/mol. The molecule has 0 bridgehead atoms. The Morgan fingerprint density at radius 2 is 1.74 bits per heavy atom.